The molecule has 3 rings (SSSR count). The van der Waals surface area contributed by atoms with E-state index >= 15 is 0 Å². The van der Waals surface area contributed by atoms with Crippen molar-refractivity contribution in [1.82, 2.24) is 0 Å². The molecule has 19 heavy (non-hydrogen) atoms. The highest BCUT2D eigenvalue weighted by molar-refractivity contribution is 6.27. The van der Waals surface area contributed by atoms with Gasteiger partial charge in [-0.05, 0) is 12.8 Å². The largest absolute Gasteiger partial charge is 0.289 e. The first-order chi connectivity index (χ1) is 9.11. The Bertz CT molecular complexity index is 645. The summed E-state index contributed by atoms with van der Waals surface area (Å²) in [4.78, 5) is 35.4. The Morgan fingerprint density at radius 3 is 2.37 bits per heavy atom. The first-order valence-electron chi connectivity index (χ1n) is 6.16. The molecule has 2 aliphatic carbocycles. The number of carbonyl (C=O) groups excluding carboxylic acids is 2. The fraction of sp³-hybridized carbons (Fsp3) is 0.286. The van der Waals surface area contributed by atoms with Crippen molar-refractivity contribution < 1.29 is 14.5 Å². The van der Waals surface area contributed by atoms with E-state index in [1.165, 1.54) is 0 Å². The number of rotatable bonds is 1. The molecule has 1 aromatic carbocycles. The molecule has 0 amide bonds. The molecule has 0 radical (unpaired) electrons. The van der Waals surface area contributed by atoms with E-state index in [0.29, 0.717) is 36.0 Å². The van der Waals surface area contributed by atoms with Crippen molar-refractivity contribution in [1.29, 1.82) is 0 Å². The maximum atomic E-state index is 12.4. The van der Waals surface area contributed by atoms with Gasteiger partial charge >= 0.3 is 0 Å². The first kappa shape index (κ1) is 11.8. The maximum Gasteiger partial charge on any atom is 0.242 e. The van der Waals surface area contributed by atoms with Gasteiger partial charge in [-0.15, -0.1) is 0 Å². The molecule has 0 aliphatic heterocycles. The molecule has 0 spiro atoms. The summed E-state index contributed by atoms with van der Waals surface area (Å²) in [6.07, 6.45) is 1.36. The smallest absolute Gasteiger partial charge is 0.242 e. The molecule has 1 aromatic rings. The van der Waals surface area contributed by atoms with Crippen LogP contribution < -0.4 is 0 Å². The molecule has 0 saturated carbocycles. The molecular formula is C14H11NO4. The second-order valence-corrected chi connectivity index (χ2v) is 4.79. The second kappa shape index (κ2) is 4.12. The number of ketones is 2. The Morgan fingerprint density at radius 2 is 1.74 bits per heavy atom. The Hall–Kier alpha value is -2.30. The van der Waals surface area contributed by atoms with E-state index in [1.54, 1.807) is 24.3 Å². The van der Waals surface area contributed by atoms with Crippen LogP contribution in [0.2, 0.25) is 0 Å². The Balaban J connectivity index is 2.21. The van der Waals surface area contributed by atoms with E-state index in [2.05, 4.69) is 0 Å². The third kappa shape index (κ3) is 1.62. The van der Waals surface area contributed by atoms with Gasteiger partial charge in [0.15, 0.2) is 11.6 Å². The van der Waals surface area contributed by atoms with Gasteiger partial charge in [-0.25, -0.2) is 0 Å². The van der Waals surface area contributed by atoms with Crippen LogP contribution in [-0.4, -0.2) is 22.5 Å². The number of carbonyl (C=O) groups is 2. The lowest BCUT2D eigenvalue weighted by Crippen LogP contribution is -2.35. The van der Waals surface area contributed by atoms with Crippen LogP contribution in [0.1, 0.15) is 40.0 Å². The highest BCUT2D eigenvalue weighted by Gasteiger charge is 2.42. The molecule has 5 nitrogen and oxygen atoms in total. The standard InChI is InChI=1S/C14H11NO4/c16-13-8-4-1-2-5-9(8)14(17)12-10(13)6-3-7-11(12)15(18)19/h1-2,4-5,11H,3,6-7H2. The Morgan fingerprint density at radius 1 is 1.11 bits per heavy atom. The van der Waals surface area contributed by atoms with Gasteiger partial charge < -0.3 is 0 Å². The summed E-state index contributed by atoms with van der Waals surface area (Å²) in [5.74, 6) is -0.580. The Labute approximate surface area is 109 Å². The lowest BCUT2D eigenvalue weighted by molar-refractivity contribution is -0.512. The number of fused-ring (bicyclic) bond motifs is 1. The monoisotopic (exact) mass is 257 g/mol. The van der Waals surface area contributed by atoms with Crippen molar-refractivity contribution in [3.05, 3.63) is 56.7 Å². The van der Waals surface area contributed by atoms with Crippen LogP contribution >= 0.6 is 0 Å². The first-order valence-corrected chi connectivity index (χ1v) is 6.16. The van der Waals surface area contributed by atoms with Crippen LogP contribution in [-0.2, 0) is 0 Å². The molecule has 0 fully saturated rings. The Kier molecular flexibility index (Phi) is 2.55. The van der Waals surface area contributed by atoms with Gasteiger partial charge in [0.25, 0.3) is 0 Å². The predicted octanol–water partition coefficient (Wildman–Crippen LogP) is 2.19. The summed E-state index contributed by atoms with van der Waals surface area (Å²) in [5.41, 5.74) is 1.12. The lowest BCUT2D eigenvalue weighted by atomic mass is 9.75. The summed E-state index contributed by atoms with van der Waals surface area (Å²) in [7, 11) is 0. The highest BCUT2D eigenvalue weighted by Crippen LogP contribution is 2.36. The summed E-state index contributed by atoms with van der Waals surface area (Å²) in [6.45, 7) is 0. The number of allylic oxidation sites excluding steroid dienone is 1. The van der Waals surface area contributed by atoms with Crippen LogP contribution in [0.25, 0.3) is 0 Å². The summed E-state index contributed by atoms with van der Waals surface area (Å²) < 4.78 is 0. The van der Waals surface area contributed by atoms with Crippen LogP contribution in [0.3, 0.4) is 0 Å². The van der Waals surface area contributed by atoms with Gasteiger partial charge in [-0.2, -0.15) is 0 Å². The molecule has 0 bridgehead atoms. The number of nitro groups is 1. The van der Waals surface area contributed by atoms with Crippen LogP contribution in [0.15, 0.2) is 35.4 Å². The van der Waals surface area contributed by atoms with E-state index in [4.69, 9.17) is 0 Å². The van der Waals surface area contributed by atoms with Crippen molar-refractivity contribution in [3.8, 4) is 0 Å². The molecule has 1 unspecified atom stereocenters. The summed E-state index contributed by atoms with van der Waals surface area (Å²) >= 11 is 0. The quantitative estimate of drug-likeness (QED) is 0.570. The van der Waals surface area contributed by atoms with Gasteiger partial charge in [0.05, 0.1) is 5.57 Å². The minimum atomic E-state index is -1.03. The van der Waals surface area contributed by atoms with E-state index in [0.717, 1.165) is 0 Å². The molecule has 2 aliphatic rings. The van der Waals surface area contributed by atoms with Crippen LogP contribution in [0, 0.1) is 10.1 Å². The lowest BCUT2D eigenvalue weighted by Gasteiger charge is -2.26. The van der Waals surface area contributed by atoms with Crippen molar-refractivity contribution in [3.63, 3.8) is 0 Å². The van der Waals surface area contributed by atoms with E-state index in [1.807, 2.05) is 0 Å². The topological polar surface area (TPSA) is 77.3 Å². The fourth-order valence-corrected chi connectivity index (χ4v) is 2.87. The average Bonchev–Trinajstić information content (AvgIpc) is 2.44. The van der Waals surface area contributed by atoms with Crippen molar-refractivity contribution in [2.45, 2.75) is 25.3 Å². The highest BCUT2D eigenvalue weighted by atomic mass is 16.6. The minimum Gasteiger partial charge on any atom is -0.289 e. The predicted molar refractivity (Wildman–Crippen MR) is 66.8 cm³/mol. The SMILES string of the molecule is O=C1C2=C(C(=O)c3ccccc31)C([N+](=O)[O-])CCC2. The van der Waals surface area contributed by atoms with Gasteiger partial charge in [0.2, 0.25) is 6.04 Å². The van der Waals surface area contributed by atoms with Gasteiger partial charge in [-0.3, -0.25) is 19.7 Å². The number of hydrogen-bond donors (Lipinski definition) is 0. The second-order valence-electron chi connectivity index (χ2n) is 4.79. The minimum absolute atomic E-state index is 0.111. The van der Waals surface area contributed by atoms with Crippen molar-refractivity contribution >= 4 is 11.6 Å². The van der Waals surface area contributed by atoms with E-state index in [9.17, 15) is 19.7 Å². The third-order valence-electron chi connectivity index (χ3n) is 3.75. The zero-order chi connectivity index (χ0) is 13.6. The van der Waals surface area contributed by atoms with Crippen molar-refractivity contribution in [2.75, 3.05) is 0 Å². The molecular weight excluding hydrogens is 246 g/mol. The molecule has 1 atom stereocenters. The summed E-state index contributed by atoms with van der Waals surface area (Å²) in [5, 5.41) is 11.1. The molecule has 0 N–H and O–H groups in total. The van der Waals surface area contributed by atoms with E-state index < -0.39 is 11.0 Å². The number of nitrogens with zero attached hydrogens (tertiary/aromatic N) is 1. The molecule has 5 heteroatoms. The zero-order valence-electron chi connectivity index (χ0n) is 10.1. The maximum absolute atomic E-state index is 12.4. The number of Topliss-reactive ketones (excluding diaryl/α,β-unsaturated/α-hetero) is 2. The molecule has 0 saturated heterocycles. The zero-order valence-corrected chi connectivity index (χ0v) is 10.1. The fourth-order valence-electron chi connectivity index (χ4n) is 2.87. The van der Waals surface area contributed by atoms with E-state index in [-0.39, 0.29) is 17.1 Å². The molecule has 96 valence electrons. The molecule has 0 aromatic heterocycles. The van der Waals surface area contributed by atoms with Gasteiger partial charge in [-0.1, -0.05) is 24.3 Å². The number of hydrogen-bond acceptors (Lipinski definition) is 4. The number of benzene rings is 1. The van der Waals surface area contributed by atoms with Crippen LogP contribution in [0.4, 0.5) is 0 Å². The average molecular weight is 257 g/mol. The third-order valence-corrected chi connectivity index (χ3v) is 3.75. The van der Waals surface area contributed by atoms with Crippen LogP contribution in [0.5, 0.6) is 0 Å². The van der Waals surface area contributed by atoms with Crippen molar-refractivity contribution in [2.24, 2.45) is 0 Å². The van der Waals surface area contributed by atoms with Gasteiger partial charge in [0, 0.05) is 28.0 Å². The normalized spacial score (nSPS) is 22.0. The van der Waals surface area contributed by atoms with Gasteiger partial charge in [0.1, 0.15) is 0 Å². The molecule has 0 heterocycles. The summed E-state index contributed by atoms with van der Waals surface area (Å²) in [6, 6.07) is 5.50.